The Labute approximate surface area is 208 Å². The zero-order valence-electron chi connectivity index (χ0n) is 20.7. The van der Waals surface area contributed by atoms with Crippen LogP contribution >= 0.6 is 0 Å². The molecule has 1 fully saturated rings. The van der Waals surface area contributed by atoms with Gasteiger partial charge in [-0.2, -0.15) is 13.2 Å². The summed E-state index contributed by atoms with van der Waals surface area (Å²) >= 11 is 0. The number of pyridine rings is 2. The number of halogens is 3. The number of nitrogens with one attached hydrogen (secondary N) is 1. The summed E-state index contributed by atoms with van der Waals surface area (Å²) in [6, 6.07) is 12.9. The Morgan fingerprint density at radius 3 is 2.58 bits per heavy atom. The van der Waals surface area contributed by atoms with Crippen LogP contribution < -0.4 is 10.1 Å². The van der Waals surface area contributed by atoms with E-state index in [4.69, 9.17) is 4.74 Å². The number of carbonyl (C=O) groups excluding carboxylic acids is 1. The van der Waals surface area contributed by atoms with Crippen LogP contribution in [0, 0.1) is 5.41 Å². The van der Waals surface area contributed by atoms with E-state index in [1.807, 2.05) is 43.3 Å². The maximum atomic E-state index is 13.9. The molecule has 0 spiro atoms. The number of ether oxygens (including phenoxy) is 1. The molecule has 2 aromatic heterocycles. The number of fused-ring (bicyclic) bond motifs is 1. The fourth-order valence-electron chi connectivity index (χ4n) is 4.77. The normalized spacial score (nSPS) is 16.5. The first-order valence-electron chi connectivity index (χ1n) is 12.0. The summed E-state index contributed by atoms with van der Waals surface area (Å²) in [7, 11) is 5.42. The summed E-state index contributed by atoms with van der Waals surface area (Å²) in [5, 5.41) is 3.87. The van der Waals surface area contributed by atoms with Crippen LogP contribution in [0.4, 0.5) is 13.2 Å². The minimum absolute atomic E-state index is 0.0341. The predicted octanol–water partition coefficient (Wildman–Crippen LogP) is 4.74. The van der Waals surface area contributed by atoms with Gasteiger partial charge in [0.2, 0.25) is 11.8 Å². The Morgan fingerprint density at radius 1 is 1.19 bits per heavy atom. The van der Waals surface area contributed by atoms with Crippen molar-refractivity contribution in [3.63, 3.8) is 0 Å². The van der Waals surface area contributed by atoms with Crippen molar-refractivity contribution >= 4 is 16.8 Å². The molecule has 1 aliphatic rings. The van der Waals surface area contributed by atoms with Gasteiger partial charge in [0.05, 0.1) is 18.0 Å². The Bertz CT molecular complexity index is 1200. The van der Waals surface area contributed by atoms with Gasteiger partial charge in [-0.3, -0.25) is 9.78 Å². The van der Waals surface area contributed by atoms with E-state index >= 15 is 0 Å². The molecule has 0 aliphatic heterocycles. The van der Waals surface area contributed by atoms with Crippen molar-refractivity contribution in [2.45, 2.75) is 43.8 Å². The maximum Gasteiger partial charge on any atom is 0.395 e. The van der Waals surface area contributed by atoms with E-state index < -0.39 is 17.5 Å². The molecule has 1 amide bonds. The van der Waals surface area contributed by atoms with Crippen molar-refractivity contribution < 1.29 is 22.7 Å². The highest BCUT2D eigenvalue weighted by molar-refractivity contribution is 5.80. The number of hydrogen-bond donors (Lipinski definition) is 1. The van der Waals surface area contributed by atoms with Crippen LogP contribution in [0.1, 0.15) is 36.3 Å². The average Bonchev–Trinajstić information content (AvgIpc) is 3.67. The molecule has 4 rings (SSSR count). The van der Waals surface area contributed by atoms with E-state index in [0.717, 1.165) is 16.5 Å². The van der Waals surface area contributed by atoms with Crippen LogP contribution in [0.3, 0.4) is 0 Å². The van der Waals surface area contributed by atoms with E-state index in [0.29, 0.717) is 24.4 Å². The molecule has 1 unspecified atom stereocenters. The van der Waals surface area contributed by atoms with Crippen LogP contribution in [0.2, 0.25) is 0 Å². The lowest BCUT2D eigenvalue weighted by Crippen LogP contribution is -2.42. The summed E-state index contributed by atoms with van der Waals surface area (Å²) in [5.74, 6) is -0.790. The standard InChI is InChI=1S/C27H31F3N4O2/c1-34(2)21(14-18-6-8-23-19(13-18)7-9-25(33-23)36-3)17-32-24(35)15-22(20-5-4-12-31-16-20)26(10-11-26)27(28,29)30/h4-9,12-13,16,21-22H,10-11,14-15,17H2,1-3H3,(H,32,35)/t21-,22?/m0/s1. The van der Waals surface area contributed by atoms with Gasteiger partial charge in [-0.1, -0.05) is 12.1 Å². The fourth-order valence-corrected chi connectivity index (χ4v) is 4.77. The molecule has 2 heterocycles. The topological polar surface area (TPSA) is 67.3 Å². The average molecular weight is 501 g/mol. The van der Waals surface area contributed by atoms with Gasteiger partial charge in [-0.25, -0.2) is 4.98 Å². The number of likely N-dealkylation sites (N-methyl/N-ethyl adjacent to an activating group) is 1. The summed E-state index contributed by atoms with van der Waals surface area (Å²) in [4.78, 5) is 23.3. The molecule has 36 heavy (non-hydrogen) atoms. The van der Waals surface area contributed by atoms with Gasteiger partial charge in [-0.05, 0) is 68.8 Å². The van der Waals surface area contributed by atoms with E-state index in [2.05, 4.69) is 21.4 Å². The lowest BCUT2D eigenvalue weighted by molar-refractivity contribution is -0.194. The van der Waals surface area contributed by atoms with Crippen molar-refractivity contribution in [2.75, 3.05) is 27.7 Å². The molecule has 0 radical (unpaired) electrons. The fraction of sp³-hybridized carbons (Fsp3) is 0.444. The number of aromatic nitrogens is 2. The van der Waals surface area contributed by atoms with Crippen molar-refractivity contribution in [2.24, 2.45) is 5.41 Å². The molecular weight excluding hydrogens is 469 g/mol. The van der Waals surface area contributed by atoms with E-state index in [1.165, 1.54) is 12.4 Å². The van der Waals surface area contributed by atoms with Gasteiger partial charge in [0, 0.05) is 48.8 Å². The second kappa shape index (κ2) is 10.4. The first-order valence-corrected chi connectivity index (χ1v) is 12.0. The van der Waals surface area contributed by atoms with E-state index in [-0.39, 0.29) is 31.2 Å². The first-order chi connectivity index (χ1) is 17.1. The van der Waals surface area contributed by atoms with Gasteiger partial charge in [-0.15, -0.1) is 0 Å². The SMILES string of the molecule is COc1ccc2cc(C[C@@H](CNC(=O)CC(c3cccnc3)C3(C(F)(F)F)CC3)N(C)C)ccc2n1. The summed E-state index contributed by atoms with van der Waals surface area (Å²) in [6.07, 6.45) is -0.901. The summed E-state index contributed by atoms with van der Waals surface area (Å²) in [6.45, 7) is 0.323. The molecule has 1 aliphatic carbocycles. The largest absolute Gasteiger partial charge is 0.481 e. The van der Waals surface area contributed by atoms with Crippen molar-refractivity contribution in [1.82, 2.24) is 20.2 Å². The lowest BCUT2D eigenvalue weighted by Gasteiger charge is -2.30. The molecule has 1 N–H and O–H groups in total. The smallest absolute Gasteiger partial charge is 0.395 e. The molecular formula is C27H31F3N4O2. The molecule has 6 nitrogen and oxygen atoms in total. The van der Waals surface area contributed by atoms with Crippen LogP contribution in [0.25, 0.3) is 10.9 Å². The number of carbonyl (C=O) groups is 1. The second-order valence-corrected chi connectivity index (χ2v) is 9.70. The molecule has 1 saturated carbocycles. The van der Waals surface area contributed by atoms with Crippen molar-refractivity contribution in [3.8, 4) is 5.88 Å². The summed E-state index contributed by atoms with van der Waals surface area (Å²) in [5.41, 5.74) is 0.501. The van der Waals surface area contributed by atoms with E-state index in [1.54, 1.807) is 19.2 Å². The number of amides is 1. The molecule has 9 heteroatoms. The van der Waals surface area contributed by atoms with Crippen LogP contribution in [0.5, 0.6) is 5.88 Å². The second-order valence-electron chi connectivity index (χ2n) is 9.70. The summed E-state index contributed by atoms with van der Waals surface area (Å²) < 4.78 is 47.0. The van der Waals surface area contributed by atoms with E-state index in [9.17, 15) is 18.0 Å². The van der Waals surface area contributed by atoms with Crippen LogP contribution in [-0.4, -0.2) is 60.7 Å². The van der Waals surface area contributed by atoms with Crippen LogP contribution in [0.15, 0.2) is 54.9 Å². The molecule has 0 bridgehead atoms. The number of nitrogens with zero attached hydrogens (tertiary/aromatic N) is 3. The Hall–Kier alpha value is -3.20. The molecule has 1 aromatic carbocycles. The predicted molar refractivity (Wildman–Crippen MR) is 132 cm³/mol. The minimum atomic E-state index is -4.37. The highest BCUT2D eigenvalue weighted by atomic mass is 19.4. The molecule has 0 saturated heterocycles. The van der Waals surface area contributed by atoms with Gasteiger partial charge in [0.25, 0.3) is 0 Å². The van der Waals surface area contributed by atoms with Gasteiger partial charge in [0.15, 0.2) is 0 Å². The zero-order chi connectivity index (χ0) is 25.9. The Balaban J connectivity index is 1.43. The lowest BCUT2D eigenvalue weighted by atomic mass is 9.80. The maximum absolute atomic E-state index is 13.9. The zero-order valence-corrected chi connectivity index (χ0v) is 20.7. The molecule has 2 atom stereocenters. The third-order valence-electron chi connectivity index (χ3n) is 7.17. The molecule has 192 valence electrons. The minimum Gasteiger partial charge on any atom is -0.481 e. The third-order valence-corrected chi connectivity index (χ3v) is 7.17. The first kappa shape index (κ1) is 25.9. The third kappa shape index (κ3) is 5.61. The number of alkyl halides is 3. The quantitative estimate of drug-likeness (QED) is 0.436. The van der Waals surface area contributed by atoms with Gasteiger partial charge in [0.1, 0.15) is 0 Å². The van der Waals surface area contributed by atoms with Crippen molar-refractivity contribution in [1.29, 1.82) is 0 Å². The van der Waals surface area contributed by atoms with Crippen molar-refractivity contribution in [3.05, 3.63) is 66.0 Å². The molecule has 3 aromatic rings. The Kier molecular flexibility index (Phi) is 7.49. The number of rotatable bonds is 10. The number of hydrogen-bond acceptors (Lipinski definition) is 5. The number of methoxy groups -OCH3 is 1. The van der Waals surface area contributed by atoms with Gasteiger partial charge >= 0.3 is 6.18 Å². The van der Waals surface area contributed by atoms with Gasteiger partial charge < -0.3 is 15.0 Å². The monoisotopic (exact) mass is 500 g/mol. The highest BCUT2D eigenvalue weighted by Crippen LogP contribution is 2.66. The Morgan fingerprint density at radius 2 is 1.97 bits per heavy atom. The van der Waals surface area contributed by atoms with Crippen LogP contribution in [-0.2, 0) is 11.2 Å². The highest BCUT2D eigenvalue weighted by Gasteiger charge is 2.67. The number of benzene rings is 1.